The third-order valence-electron chi connectivity index (χ3n) is 4.72. The Morgan fingerprint density at radius 3 is 2.57 bits per heavy atom. The molecule has 7 heteroatoms. The first-order valence-electron chi connectivity index (χ1n) is 8.69. The second-order valence-electron chi connectivity index (χ2n) is 6.92. The van der Waals surface area contributed by atoms with E-state index in [-0.39, 0.29) is 23.1 Å². The maximum absolute atomic E-state index is 13.2. The molecule has 1 unspecified atom stereocenters. The molecule has 1 atom stereocenters. The van der Waals surface area contributed by atoms with E-state index in [4.69, 9.17) is 32.8 Å². The number of methoxy groups -OCH3 is 1. The molecule has 2 aromatic rings. The second-order valence-corrected chi connectivity index (χ2v) is 7.77. The molecule has 0 bridgehead atoms. The Balaban J connectivity index is 2.10. The van der Waals surface area contributed by atoms with E-state index in [0.717, 1.165) is 16.2 Å². The van der Waals surface area contributed by atoms with Gasteiger partial charge in [-0.1, -0.05) is 59.1 Å². The van der Waals surface area contributed by atoms with E-state index < -0.39 is 11.4 Å². The number of hydroxylamine groups is 2. The molecule has 1 amide bonds. The molecule has 0 radical (unpaired) electrons. The van der Waals surface area contributed by atoms with Crippen molar-refractivity contribution in [2.24, 2.45) is 0 Å². The van der Waals surface area contributed by atoms with Crippen LogP contribution in [0.25, 0.3) is 5.57 Å². The van der Waals surface area contributed by atoms with Gasteiger partial charge in [-0.05, 0) is 31.5 Å². The van der Waals surface area contributed by atoms with Crippen LogP contribution in [-0.4, -0.2) is 35.5 Å². The summed E-state index contributed by atoms with van der Waals surface area (Å²) in [6, 6.07) is 12.6. The zero-order chi connectivity index (χ0) is 20.5. The van der Waals surface area contributed by atoms with Gasteiger partial charge in [-0.25, -0.2) is 9.90 Å². The highest BCUT2D eigenvalue weighted by atomic mass is 35.5. The van der Waals surface area contributed by atoms with Crippen molar-refractivity contribution in [1.82, 2.24) is 5.06 Å². The van der Waals surface area contributed by atoms with E-state index in [0.29, 0.717) is 17.0 Å². The minimum Gasteiger partial charge on any atom is -0.509 e. The third-order valence-corrected chi connectivity index (χ3v) is 5.27. The van der Waals surface area contributed by atoms with Gasteiger partial charge >= 0.3 is 0 Å². The average molecular weight is 422 g/mol. The van der Waals surface area contributed by atoms with Crippen molar-refractivity contribution in [3.8, 4) is 0 Å². The molecule has 1 N–H and O–H groups in total. The maximum atomic E-state index is 13.2. The molecule has 0 fully saturated rings. The lowest BCUT2D eigenvalue weighted by Crippen LogP contribution is -2.48. The van der Waals surface area contributed by atoms with E-state index in [1.54, 1.807) is 19.1 Å². The highest BCUT2D eigenvalue weighted by molar-refractivity contribution is 6.37. The van der Waals surface area contributed by atoms with Gasteiger partial charge in [-0.15, -0.1) is 0 Å². The lowest BCUT2D eigenvalue weighted by Gasteiger charge is -2.34. The monoisotopic (exact) mass is 421 g/mol. The topological polar surface area (TPSA) is 59.0 Å². The number of carbonyl (C=O) groups excluding carboxylic acids is 1. The van der Waals surface area contributed by atoms with Crippen molar-refractivity contribution in [3.05, 3.63) is 75.0 Å². The summed E-state index contributed by atoms with van der Waals surface area (Å²) in [5, 5.41) is 13.0. The summed E-state index contributed by atoms with van der Waals surface area (Å²) in [4.78, 5) is 18.7. The van der Waals surface area contributed by atoms with Gasteiger partial charge in [0.1, 0.15) is 11.3 Å². The number of halogens is 2. The summed E-state index contributed by atoms with van der Waals surface area (Å²) in [5.74, 6) is -0.603. The number of benzene rings is 2. The van der Waals surface area contributed by atoms with Crippen molar-refractivity contribution < 1.29 is 19.5 Å². The number of rotatable bonds is 6. The molecule has 1 aliphatic rings. The van der Waals surface area contributed by atoms with E-state index in [2.05, 4.69) is 0 Å². The third kappa shape index (κ3) is 3.76. The molecule has 5 nitrogen and oxygen atoms in total. The number of ether oxygens (including phenoxy) is 1. The van der Waals surface area contributed by atoms with Gasteiger partial charge in [0.05, 0.1) is 10.6 Å². The Hall–Kier alpha value is -2.05. The highest BCUT2D eigenvalue weighted by Crippen LogP contribution is 2.43. The van der Waals surface area contributed by atoms with Crippen molar-refractivity contribution >= 4 is 34.7 Å². The second kappa shape index (κ2) is 8.13. The number of hydrogen-bond donors (Lipinski definition) is 1. The zero-order valence-corrected chi connectivity index (χ0v) is 17.3. The SMILES string of the molecule is COCON1C(=O)C(c2ccc(Cl)cc2Cl)=C(O)C1(C)Cc1cccc(C)c1. The fourth-order valence-electron chi connectivity index (χ4n) is 3.41. The summed E-state index contributed by atoms with van der Waals surface area (Å²) < 4.78 is 4.97. The van der Waals surface area contributed by atoms with Crippen LogP contribution in [0.1, 0.15) is 23.6 Å². The summed E-state index contributed by atoms with van der Waals surface area (Å²) in [5.41, 5.74) is 1.40. The van der Waals surface area contributed by atoms with Crippen LogP contribution in [0.15, 0.2) is 48.2 Å². The molecule has 1 aliphatic heterocycles. The summed E-state index contributed by atoms with van der Waals surface area (Å²) in [6.45, 7) is 3.60. The first kappa shape index (κ1) is 20.7. The Labute approximate surface area is 174 Å². The maximum Gasteiger partial charge on any atom is 0.282 e. The van der Waals surface area contributed by atoms with Crippen LogP contribution in [0.2, 0.25) is 10.0 Å². The van der Waals surface area contributed by atoms with Crippen LogP contribution in [0.5, 0.6) is 0 Å². The fraction of sp³-hybridized carbons (Fsp3) is 0.286. The van der Waals surface area contributed by atoms with Gasteiger partial charge in [0.2, 0.25) is 0 Å². The predicted octanol–water partition coefficient (Wildman–Crippen LogP) is 4.95. The number of carbonyl (C=O) groups is 1. The van der Waals surface area contributed by atoms with E-state index >= 15 is 0 Å². The Bertz CT molecular complexity index is 944. The van der Waals surface area contributed by atoms with Gasteiger partial charge in [0, 0.05) is 24.1 Å². The van der Waals surface area contributed by atoms with Crippen LogP contribution in [0.3, 0.4) is 0 Å². The molecule has 3 rings (SSSR count). The van der Waals surface area contributed by atoms with Gasteiger partial charge < -0.3 is 9.84 Å². The number of amides is 1. The van der Waals surface area contributed by atoms with E-state index in [9.17, 15) is 9.90 Å². The van der Waals surface area contributed by atoms with Crippen LogP contribution in [-0.2, 0) is 20.8 Å². The fourth-order valence-corrected chi connectivity index (χ4v) is 3.91. The molecular weight excluding hydrogens is 401 g/mol. The standard InChI is InChI=1S/C21H21Cl2NO4/c1-13-5-4-6-14(9-13)11-21(2)19(25)18(20(26)24(21)28-12-27-3)16-8-7-15(22)10-17(16)23/h4-10,25H,11-12H2,1-3H3. The molecule has 0 saturated carbocycles. The van der Waals surface area contributed by atoms with Crippen molar-refractivity contribution in [3.63, 3.8) is 0 Å². The van der Waals surface area contributed by atoms with Crippen molar-refractivity contribution in [2.75, 3.05) is 13.9 Å². The summed E-state index contributed by atoms with van der Waals surface area (Å²) >= 11 is 12.3. The largest absolute Gasteiger partial charge is 0.509 e. The van der Waals surface area contributed by atoms with E-state index in [1.807, 2.05) is 31.2 Å². The van der Waals surface area contributed by atoms with Crippen LogP contribution in [0.4, 0.5) is 0 Å². The molecule has 28 heavy (non-hydrogen) atoms. The smallest absolute Gasteiger partial charge is 0.282 e. The zero-order valence-electron chi connectivity index (χ0n) is 15.8. The van der Waals surface area contributed by atoms with Gasteiger partial charge in [0.15, 0.2) is 6.79 Å². The van der Waals surface area contributed by atoms with Gasteiger partial charge in [0.25, 0.3) is 5.91 Å². The van der Waals surface area contributed by atoms with Crippen molar-refractivity contribution in [1.29, 1.82) is 0 Å². The molecule has 2 aromatic carbocycles. The number of aliphatic hydroxyl groups excluding tert-OH is 1. The number of aliphatic hydroxyl groups is 1. The lowest BCUT2D eigenvalue weighted by atomic mass is 9.90. The van der Waals surface area contributed by atoms with Gasteiger partial charge in [-0.3, -0.25) is 4.79 Å². The minimum absolute atomic E-state index is 0.0907. The van der Waals surface area contributed by atoms with E-state index in [1.165, 1.54) is 13.2 Å². The van der Waals surface area contributed by atoms with Crippen molar-refractivity contribution in [2.45, 2.75) is 25.8 Å². The predicted molar refractivity (Wildman–Crippen MR) is 109 cm³/mol. The Morgan fingerprint density at radius 1 is 1.18 bits per heavy atom. The summed E-state index contributed by atoms with van der Waals surface area (Å²) in [6.07, 6.45) is 0.352. The molecule has 0 aliphatic carbocycles. The average Bonchev–Trinajstić information content (AvgIpc) is 2.80. The minimum atomic E-state index is -1.12. The molecule has 0 aromatic heterocycles. The number of nitrogens with zero attached hydrogens (tertiary/aromatic N) is 1. The number of hydrogen-bond acceptors (Lipinski definition) is 4. The lowest BCUT2D eigenvalue weighted by molar-refractivity contribution is -0.241. The van der Waals surface area contributed by atoms with Crippen LogP contribution in [0, 0.1) is 6.92 Å². The molecule has 1 heterocycles. The van der Waals surface area contributed by atoms with Gasteiger partial charge in [-0.2, -0.15) is 0 Å². The summed E-state index contributed by atoms with van der Waals surface area (Å²) in [7, 11) is 1.46. The molecule has 0 spiro atoms. The first-order valence-corrected chi connectivity index (χ1v) is 9.44. The molecule has 148 valence electrons. The Morgan fingerprint density at radius 2 is 1.93 bits per heavy atom. The molecule has 0 saturated heterocycles. The molecular formula is C21H21Cl2NO4. The highest BCUT2D eigenvalue weighted by Gasteiger charge is 2.51. The first-order chi connectivity index (χ1) is 13.3. The Kier molecular flexibility index (Phi) is 6.01. The normalized spacial score (nSPS) is 19.6. The number of aryl methyl sites for hydroxylation is 1. The van der Waals surface area contributed by atoms with Crippen LogP contribution >= 0.6 is 23.2 Å². The quantitative estimate of drug-likeness (QED) is 0.670. The van der Waals surface area contributed by atoms with Crippen LogP contribution < -0.4 is 0 Å².